The number of hydrogen-bond donors (Lipinski definition) is 0. The maximum atomic E-state index is 5.26. The number of aromatic nitrogens is 2. The second-order valence-electron chi connectivity index (χ2n) is 11.2. The standard InChI is InChI=1S/C39H22N2S2/c1-2-8-26-21-34-32(20-25(26)7-1)40-39-38-31(29-10-4-6-12-36(29)43-38)22-33(41(34)39)24-15-13-23(14-16-24)27-17-18-37-30(19-27)28-9-3-5-11-35(28)42-37/h1-22H. The van der Waals surface area contributed by atoms with Crippen LogP contribution in [0.3, 0.4) is 0 Å². The summed E-state index contributed by atoms with van der Waals surface area (Å²) in [5, 5.41) is 7.66. The van der Waals surface area contributed by atoms with Crippen molar-refractivity contribution in [2.75, 3.05) is 0 Å². The molecule has 6 aromatic carbocycles. The number of imidazole rings is 1. The van der Waals surface area contributed by atoms with Crippen molar-refractivity contribution in [2.24, 2.45) is 0 Å². The van der Waals surface area contributed by atoms with Crippen LogP contribution in [0, 0.1) is 0 Å². The number of rotatable bonds is 2. The molecule has 0 amide bonds. The van der Waals surface area contributed by atoms with E-state index < -0.39 is 0 Å². The molecule has 0 atom stereocenters. The SMILES string of the molecule is c1ccc2cc3c(cc2c1)nc1c2sc4ccccc4c2cc(-c2ccc(-c4ccc5sc6ccccc6c5c4)cc2)n31. The predicted molar refractivity (Wildman–Crippen MR) is 187 cm³/mol. The van der Waals surface area contributed by atoms with Crippen LogP contribution in [0.2, 0.25) is 0 Å². The summed E-state index contributed by atoms with van der Waals surface area (Å²) in [6.45, 7) is 0. The molecule has 0 fully saturated rings. The predicted octanol–water partition coefficient (Wildman–Crippen LogP) is 11.7. The van der Waals surface area contributed by atoms with Gasteiger partial charge in [-0.25, -0.2) is 4.98 Å². The van der Waals surface area contributed by atoms with Gasteiger partial charge in [0.2, 0.25) is 0 Å². The van der Waals surface area contributed by atoms with Crippen LogP contribution in [-0.4, -0.2) is 9.38 Å². The van der Waals surface area contributed by atoms with E-state index in [9.17, 15) is 0 Å². The molecule has 43 heavy (non-hydrogen) atoms. The van der Waals surface area contributed by atoms with Crippen LogP contribution in [0.25, 0.3) is 90.2 Å². The van der Waals surface area contributed by atoms with Crippen molar-refractivity contribution in [1.29, 1.82) is 0 Å². The van der Waals surface area contributed by atoms with Crippen molar-refractivity contribution in [1.82, 2.24) is 9.38 Å². The van der Waals surface area contributed by atoms with Gasteiger partial charge < -0.3 is 0 Å². The van der Waals surface area contributed by atoms with Gasteiger partial charge in [-0.1, -0.05) is 91.0 Å². The number of pyridine rings is 1. The Labute approximate surface area is 254 Å². The van der Waals surface area contributed by atoms with E-state index in [-0.39, 0.29) is 0 Å². The zero-order valence-corrected chi connectivity index (χ0v) is 24.5. The maximum Gasteiger partial charge on any atom is 0.156 e. The van der Waals surface area contributed by atoms with E-state index in [1.165, 1.54) is 67.8 Å². The highest BCUT2D eigenvalue weighted by molar-refractivity contribution is 7.26. The van der Waals surface area contributed by atoms with Crippen LogP contribution in [0.15, 0.2) is 133 Å². The average molecular weight is 583 g/mol. The van der Waals surface area contributed by atoms with Crippen LogP contribution < -0.4 is 0 Å². The van der Waals surface area contributed by atoms with Gasteiger partial charge >= 0.3 is 0 Å². The Morgan fingerprint density at radius 1 is 0.465 bits per heavy atom. The summed E-state index contributed by atoms with van der Waals surface area (Å²) in [6, 6.07) is 48.8. The lowest BCUT2D eigenvalue weighted by molar-refractivity contribution is 1.25. The van der Waals surface area contributed by atoms with Crippen molar-refractivity contribution >= 4 is 90.5 Å². The van der Waals surface area contributed by atoms with Crippen molar-refractivity contribution in [3.8, 4) is 22.4 Å². The molecule has 0 N–H and O–H groups in total. The molecule has 200 valence electrons. The summed E-state index contributed by atoms with van der Waals surface area (Å²) in [6.07, 6.45) is 0. The molecule has 2 nitrogen and oxygen atoms in total. The molecule has 0 saturated heterocycles. The third-order valence-electron chi connectivity index (χ3n) is 8.77. The Bertz CT molecular complexity index is 2720. The Morgan fingerprint density at radius 3 is 1.91 bits per heavy atom. The van der Waals surface area contributed by atoms with E-state index >= 15 is 0 Å². The molecule has 0 radical (unpaired) electrons. The number of nitrogens with zero attached hydrogens (tertiary/aromatic N) is 2. The summed E-state index contributed by atoms with van der Waals surface area (Å²) in [7, 11) is 0. The van der Waals surface area contributed by atoms with Gasteiger partial charge in [0, 0.05) is 35.6 Å². The molecular weight excluding hydrogens is 561 g/mol. The number of thiophene rings is 2. The second-order valence-corrected chi connectivity index (χ2v) is 13.4. The second kappa shape index (κ2) is 8.74. The average Bonchev–Trinajstić information content (AvgIpc) is 3.74. The Kier molecular flexibility index (Phi) is 4.78. The van der Waals surface area contributed by atoms with Crippen LogP contribution >= 0.6 is 22.7 Å². The van der Waals surface area contributed by atoms with E-state index in [0.29, 0.717) is 0 Å². The minimum absolute atomic E-state index is 1.03. The van der Waals surface area contributed by atoms with Gasteiger partial charge in [-0.15, -0.1) is 22.7 Å². The lowest BCUT2D eigenvalue weighted by atomic mass is 10.00. The number of benzene rings is 6. The third kappa shape index (κ3) is 3.42. The van der Waals surface area contributed by atoms with Crippen molar-refractivity contribution in [2.45, 2.75) is 0 Å². The number of hydrogen-bond acceptors (Lipinski definition) is 3. The first-order chi connectivity index (χ1) is 21.3. The summed E-state index contributed by atoms with van der Waals surface area (Å²) < 4.78 is 7.57. The first-order valence-electron chi connectivity index (χ1n) is 14.5. The molecule has 0 aliphatic heterocycles. The molecule has 0 bridgehead atoms. The van der Waals surface area contributed by atoms with Gasteiger partial charge in [-0.05, 0) is 69.9 Å². The van der Waals surface area contributed by atoms with Crippen LogP contribution in [0.4, 0.5) is 0 Å². The molecule has 4 aromatic heterocycles. The largest absolute Gasteiger partial charge is 0.291 e. The van der Waals surface area contributed by atoms with Gasteiger partial charge in [-0.3, -0.25) is 4.40 Å². The lowest BCUT2D eigenvalue weighted by Crippen LogP contribution is -1.93. The van der Waals surface area contributed by atoms with Crippen molar-refractivity contribution in [3.05, 3.63) is 133 Å². The number of fused-ring (bicyclic) bond motifs is 11. The van der Waals surface area contributed by atoms with Gasteiger partial charge in [-0.2, -0.15) is 0 Å². The summed E-state index contributed by atoms with van der Waals surface area (Å²) in [4.78, 5) is 5.26. The van der Waals surface area contributed by atoms with E-state index in [1.54, 1.807) is 0 Å². The van der Waals surface area contributed by atoms with E-state index in [2.05, 4.69) is 138 Å². The van der Waals surface area contributed by atoms with Crippen LogP contribution in [-0.2, 0) is 0 Å². The lowest BCUT2D eigenvalue weighted by Gasteiger charge is -2.10. The third-order valence-corrected chi connectivity index (χ3v) is 11.1. The van der Waals surface area contributed by atoms with E-state index in [0.717, 1.165) is 22.4 Å². The smallest absolute Gasteiger partial charge is 0.156 e. The summed E-state index contributed by atoms with van der Waals surface area (Å²) in [5.74, 6) is 0. The molecule has 0 aliphatic rings. The molecule has 4 heterocycles. The van der Waals surface area contributed by atoms with Crippen LogP contribution in [0.5, 0.6) is 0 Å². The molecule has 10 rings (SSSR count). The van der Waals surface area contributed by atoms with Gasteiger partial charge in [0.25, 0.3) is 0 Å². The topological polar surface area (TPSA) is 17.3 Å². The van der Waals surface area contributed by atoms with Crippen molar-refractivity contribution in [3.63, 3.8) is 0 Å². The Morgan fingerprint density at radius 2 is 1.09 bits per heavy atom. The maximum absolute atomic E-state index is 5.26. The Hall–Kier alpha value is -5.03. The molecule has 0 saturated carbocycles. The van der Waals surface area contributed by atoms with Gasteiger partial charge in [0.15, 0.2) is 5.65 Å². The summed E-state index contributed by atoms with van der Waals surface area (Å²) >= 11 is 3.70. The highest BCUT2D eigenvalue weighted by Crippen LogP contribution is 2.42. The van der Waals surface area contributed by atoms with Crippen LogP contribution in [0.1, 0.15) is 0 Å². The minimum Gasteiger partial charge on any atom is -0.291 e. The molecule has 10 aromatic rings. The summed E-state index contributed by atoms with van der Waals surface area (Å²) in [5.41, 5.74) is 8.00. The van der Waals surface area contributed by atoms with Crippen molar-refractivity contribution < 1.29 is 0 Å². The molecule has 4 heteroatoms. The molecular formula is C39H22N2S2. The molecule has 0 unspecified atom stereocenters. The normalized spacial score (nSPS) is 12.2. The minimum atomic E-state index is 1.03. The van der Waals surface area contributed by atoms with E-state index in [1.807, 2.05) is 22.7 Å². The first-order valence-corrected chi connectivity index (χ1v) is 16.1. The van der Waals surface area contributed by atoms with E-state index in [4.69, 9.17) is 4.98 Å². The first kappa shape index (κ1) is 23.5. The highest BCUT2D eigenvalue weighted by atomic mass is 32.1. The quantitative estimate of drug-likeness (QED) is 0.198. The Balaban J connectivity index is 1.21. The molecule has 0 aliphatic carbocycles. The van der Waals surface area contributed by atoms with Gasteiger partial charge in [0.1, 0.15) is 0 Å². The van der Waals surface area contributed by atoms with Gasteiger partial charge in [0.05, 0.1) is 21.4 Å². The monoisotopic (exact) mass is 582 g/mol. The fourth-order valence-electron chi connectivity index (χ4n) is 6.69. The zero-order valence-electron chi connectivity index (χ0n) is 22.9. The fraction of sp³-hybridized carbons (Fsp3) is 0. The zero-order chi connectivity index (χ0) is 28.1. The fourth-order valence-corrected chi connectivity index (χ4v) is 8.93. The molecule has 0 spiro atoms. The highest BCUT2D eigenvalue weighted by Gasteiger charge is 2.18.